The van der Waals surface area contributed by atoms with E-state index >= 15 is 0 Å². The van der Waals surface area contributed by atoms with Crippen molar-refractivity contribution in [1.82, 2.24) is 0 Å². The van der Waals surface area contributed by atoms with Gasteiger partial charge in [-0.2, -0.15) is 0 Å². The Labute approximate surface area is 87.6 Å². The van der Waals surface area contributed by atoms with Crippen molar-refractivity contribution < 1.29 is 13.9 Å². The SMILES string of the molecule is C=CCc1cc(C2OC=CO2)ccc1F. The summed E-state index contributed by atoms with van der Waals surface area (Å²) in [5, 5.41) is 0. The van der Waals surface area contributed by atoms with Gasteiger partial charge in [0.25, 0.3) is 6.29 Å². The molecule has 2 nitrogen and oxygen atoms in total. The molecule has 0 saturated heterocycles. The first-order chi connectivity index (χ1) is 7.31. The monoisotopic (exact) mass is 206 g/mol. The number of ether oxygens (including phenoxy) is 2. The lowest BCUT2D eigenvalue weighted by Gasteiger charge is -2.11. The van der Waals surface area contributed by atoms with E-state index in [-0.39, 0.29) is 5.82 Å². The van der Waals surface area contributed by atoms with Gasteiger partial charge in [-0.1, -0.05) is 6.08 Å². The molecule has 0 unspecified atom stereocenters. The molecule has 15 heavy (non-hydrogen) atoms. The first-order valence-electron chi connectivity index (χ1n) is 4.66. The smallest absolute Gasteiger partial charge is 0.266 e. The van der Waals surface area contributed by atoms with Gasteiger partial charge in [-0.3, -0.25) is 0 Å². The topological polar surface area (TPSA) is 18.5 Å². The third-order valence-corrected chi connectivity index (χ3v) is 2.17. The molecule has 1 heterocycles. The highest BCUT2D eigenvalue weighted by Crippen LogP contribution is 2.25. The molecule has 1 aromatic rings. The van der Waals surface area contributed by atoms with Gasteiger partial charge < -0.3 is 9.47 Å². The second kappa shape index (κ2) is 4.17. The standard InChI is InChI=1S/C12H11FO2/c1-2-3-9-8-10(4-5-11(9)13)12-14-6-7-15-12/h2,4-8,12H,1,3H2. The van der Waals surface area contributed by atoms with Crippen LogP contribution < -0.4 is 0 Å². The van der Waals surface area contributed by atoms with Crippen LogP contribution in [0.5, 0.6) is 0 Å². The molecule has 0 atom stereocenters. The fourth-order valence-corrected chi connectivity index (χ4v) is 1.45. The minimum Gasteiger partial charge on any atom is -0.455 e. The molecule has 1 aliphatic heterocycles. The van der Waals surface area contributed by atoms with Crippen molar-refractivity contribution >= 4 is 0 Å². The van der Waals surface area contributed by atoms with Gasteiger partial charge in [0.05, 0.1) is 0 Å². The Morgan fingerprint density at radius 2 is 2.07 bits per heavy atom. The molecule has 0 aromatic heterocycles. The van der Waals surface area contributed by atoms with Gasteiger partial charge in [-0.25, -0.2) is 4.39 Å². The first-order valence-corrected chi connectivity index (χ1v) is 4.66. The summed E-state index contributed by atoms with van der Waals surface area (Å²) in [6.45, 7) is 3.58. The maximum Gasteiger partial charge on any atom is 0.266 e. The van der Waals surface area contributed by atoms with Crippen LogP contribution in [-0.4, -0.2) is 0 Å². The maximum atomic E-state index is 13.3. The Bertz CT molecular complexity index is 391. The zero-order chi connectivity index (χ0) is 10.7. The van der Waals surface area contributed by atoms with Gasteiger partial charge >= 0.3 is 0 Å². The lowest BCUT2D eigenvalue weighted by Crippen LogP contribution is -2.00. The van der Waals surface area contributed by atoms with Gasteiger partial charge in [0, 0.05) is 5.56 Å². The van der Waals surface area contributed by atoms with Crippen molar-refractivity contribution in [3.63, 3.8) is 0 Å². The van der Waals surface area contributed by atoms with Crippen LogP contribution in [0.2, 0.25) is 0 Å². The molecule has 78 valence electrons. The second-order valence-electron chi connectivity index (χ2n) is 3.22. The molecule has 1 aliphatic rings. The van der Waals surface area contributed by atoms with E-state index in [1.807, 2.05) is 0 Å². The van der Waals surface area contributed by atoms with Crippen LogP contribution in [0.4, 0.5) is 4.39 Å². The van der Waals surface area contributed by atoms with E-state index in [9.17, 15) is 4.39 Å². The summed E-state index contributed by atoms with van der Waals surface area (Å²) >= 11 is 0. The fraction of sp³-hybridized carbons (Fsp3) is 0.167. The predicted octanol–water partition coefficient (Wildman–Crippen LogP) is 3.07. The number of benzene rings is 1. The fourth-order valence-electron chi connectivity index (χ4n) is 1.45. The van der Waals surface area contributed by atoms with Crippen molar-refractivity contribution in [3.05, 3.63) is 60.3 Å². The minimum absolute atomic E-state index is 0.232. The van der Waals surface area contributed by atoms with Crippen LogP contribution >= 0.6 is 0 Å². The average molecular weight is 206 g/mol. The van der Waals surface area contributed by atoms with E-state index in [1.165, 1.54) is 18.6 Å². The molecule has 3 heteroatoms. The number of hydrogen-bond donors (Lipinski definition) is 0. The van der Waals surface area contributed by atoms with E-state index in [2.05, 4.69) is 6.58 Å². The van der Waals surface area contributed by atoms with Gasteiger partial charge in [-0.15, -0.1) is 6.58 Å². The molecule has 0 fully saturated rings. The lowest BCUT2D eigenvalue weighted by atomic mass is 10.1. The van der Waals surface area contributed by atoms with E-state index in [4.69, 9.17) is 9.47 Å². The molecule has 2 rings (SSSR count). The summed E-state index contributed by atoms with van der Waals surface area (Å²) in [5.41, 5.74) is 1.40. The van der Waals surface area contributed by atoms with E-state index in [0.29, 0.717) is 12.0 Å². The molecule has 0 amide bonds. The molecular formula is C12H11FO2. The van der Waals surface area contributed by atoms with Gasteiger partial charge in [0.1, 0.15) is 18.3 Å². The van der Waals surface area contributed by atoms with Crippen molar-refractivity contribution in [2.45, 2.75) is 12.7 Å². The molecule has 0 N–H and O–H groups in total. The molecule has 0 aliphatic carbocycles. The summed E-state index contributed by atoms with van der Waals surface area (Å²) in [5.74, 6) is -0.232. The van der Waals surface area contributed by atoms with Crippen molar-refractivity contribution in [2.75, 3.05) is 0 Å². The van der Waals surface area contributed by atoms with Crippen LogP contribution in [0.1, 0.15) is 17.4 Å². The van der Waals surface area contributed by atoms with E-state index < -0.39 is 6.29 Å². The summed E-state index contributed by atoms with van der Waals surface area (Å²) in [4.78, 5) is 0. The molecule has 0 saturated carbocycles. The number of halogens is 1. The van der Waals surface area contributed by atoms with Crippen molar-refractivity contribution in [1.29, 1.82) is 0 Å². The number of rotatable bonds is 3. The second-order valence-corrected chi connectivity index (χ2v) is 3.22. The predicted molar refractivity (Wildman–Crippen MR) is 54.4 cm³/mol. The summed E-state index contributed by atoms with van der Waals surface area (Å²) in [6, 6.07) is 4.80. The van der Waals surface area contributed by atoms with Crippen LogP contribution in [0.25, 0.3) is 0 Å². The number of allylic oxidation sites excluding steroid dienone is 1. The molecular weight excluding hydrogens is 195 g/mol. The largest absolute Gasteiger partial charge is 0.455 e. The Kier molecular flexibility index (Phi) is 2.72. The maximum absolute atomic E-state index is 13.3. The summed E-state index contributed by atoms with van der Waals surface area (Å²) in [6.07, 6.45) is 4.66. The highest BCUT2D eigenvalue weighted by Gasteiger charge is 2.16. The van der Waals surface area contributed by atoms with Crippen molar-refractivity contribution in [2.24, 2.45) is 0 Å². The zero-order valence-electron chi connectivity index (χ0n) is 8.15. The van der Waals surface area contributed by atoms with E-state index in [1.54, 1.807) is 18.2 Å². The Morgan fingerprint density at radius 3 is 2.73 bits per heavy atom. The van der Waals surface area contributed by atoms with Gasteiger partial charge in [-0.05, 0) is 30.2 Å². The third-order valence-electron chi connectivity index (χ3n) is 2.17. The Morgan fingerprint density at radius 1 is 1.33 bits per heavy atom. The number of hydrogen-bond acceptors (Lipinski definition) is 2. The lowest BCUT2D eigenvalue weighted by molar-refractivity contribution is -0.0246. The van der Waals surface area contributed by atoms with Crippen LogP contribution in [-0.2, 0) is 15.9 Å². The molecule has 0 radical (unpaired) electrons. The Balaban J connectivity index is 2.25. The first kappa shape index (κ1) is 9.77. The van der Waals surface area contributed by atoms with Gasteiger partial charge in [0.2, 0.25) is 0 Å². The average Bonchev–Trinajstić information content (AvgIpc) is 2.75. The third kappa shape index (κ3) is 2.01. The summed E-state index contributed by atoms with van der Waals surface area (Å²) in [7, 11) is 0. The van der Waals surface area contributed by atoms with Crippen molar-refractivity contribution in [3.8, 4) is 0 Å². The normalized spacial score (nSPS) is 14.7. The Hall–Kier alpha value is -1.77. The van der Waals surface area contributed by atoms with E-state index in [0.717, 1.165) is 5.56 Å². The zero-order valence-corrected chi connectivity index (χ0v) is 8.15. The van der Waals surface area contributed by atoms with Gasteiger partial charge in [0.15, 0.2) is 0 Å². The highest BCUT2D eigenvalue weighted by molar-refractivity contribution is 5.27. The molecule has 1 aromatic carbocycles. The molecule has 0 spiro atoms. The quantitative estimate of drug-likeness (QED) is 0.707. The van der Waals surface area contributed by atoms with Crippen LogP contribution in [0, 0.1) is 5.82 Å². The highest BCUT2D eigenvalue weighted by atomic mass is 19.1. The minimum atomic E-state index is -0.450. The van der Waals surface area contributed by atoms with Crippen LogP contribution in [0.15, 0.2) is 43.4 Å². The molecule has 0 bridgehead atoms. The summed E-state index contributed by atoms with van der Waals surface area (Å²) < 4.78 is 23.6. The van der Waals surface area contributed by atoms with Crippen LogP contribution in [0.3, 0.4) is 0 Å².